The first-order valence-corrected chi connectivity index (χ1v) is 9.18. The molecule has 4 nitrogen and oxygen atoms in total. The summed E-state index contributed by atoms with van der Waals surface area (Å²) in [4.78, 5) is 12.6. The summed E-state index contributed by atoms with van der Waals surface area (Å²) in [5.41, 5.74) is 6.55. The first-order valence-electron chi connectivity index (χ1n) is 9.18. The Hall–Kier alpha value is -0.610. The van der Waals surface area contributed by atoms with Gasteiger partial charge in [0.05, 0.1) is 5.92 Å². The average Bonchev–Trinajstić information content (AvgIpc) is 2.50. The van der Waals surface area contributed by atoms with Crippen molar-refractivity contribution in [2.45, 2.75) is 82.7 Å². The minimum absolute atomic E-state index is 0.000201. The molecule has 1 saturated heterocycles. The highest BCUT2D eigenvalue weighted by atomic mass is 16.5. The molecule has 0 bridgehead atoms. The van der Waals surface area contributed by atoms with Gasteiger partial charge >= 0.3 is 0 Å². The first-order chi connectivity index (χ1) is 10.5. The zero-order valence-electron chi connectivity index (χ0n) is 14.0. The number of rotatable bonds is 2. The number of nitrogens with one attached hydrogen (secondary N) is 1. The Morgan fingerprint density at radius 3 is 2.36 bits per heavy atom. The maximum absolute atomic E-state index is 12.6. The van der Waals surface area contributed by atoms with E-state index < -0.39 is 0 Å². The SMILES string of the molecule is CC1(N)CCCCC1C(=O)NC1CCC2(CCOCC2)CC1. The molecule has 3 N–H and O–H groups in total. The van der Waals surface area contributed by atoms with Crippen LogP contribution in [0.3, 0.4) is 0 Å². The molecular weight excluding hydrogens is 276 g/mol. The van der Waals surface area contributed by atoms with E-state index >= 15 is 0 Å². The molecule has 1 amide bonds. The summed E-state index contributed by atoms with van der Waals surface area (Å²) < 4.78 is 5.51. The molecule has 2 saturated carbocycles. The molecule has 1 spiro atoms. The van der Waals surface area contributed by atoms with Crippen molar-refractivity contribution < 1.29 is 9.53 Å². The van der Waals surface area contributed by atoms with Crippen molar-refractivity contribution in [3.05, 3.63) is 0 Å². The van der Waals surface area contributed by atoms with Gasteiger partial charge in [0.25, 0.3) is 0 Å². The van der Waals surface area contributed by atoms with Crippen molar-refractivity contribution in [2.75, 3.05) is 13.2 Å². The first kappa shape index (κ1) is 16.3. The Morgan fingerprint density at radius 1 is 1.05 bits per heavy atom. The Balaban J connectivity index is 1.51. The Kier molecular flexibility index (Phi) is 4.79. The van der Waals surface area contributed by atoms with Crippen molar-refractivity contribution >= 4 is 5.91 Å². The summed E-state index contributed by atoms with van der Waals surface area (Å²) in [6, 6.07) is 0.360. The summed E-state index contributed by atoms with van der Waals surface area (Å²) in [6.45, 7) is 3.89. The van der Waals surface area contributed by atoms with Crippen LogP contribution in [0.4, 0.5) is 0 Å². The fraction of sp³-hybridized carbons (Fsp3) is 0.944. The predicted octanol–water partition coefficient (Wildman–Crippen LogP) is 2.75. The largest absolute Gasteiger partial charge is 0.381 e. The van der Waals surface area contributed by atoms with Gasteiger partial charge in [0.1, 0.15) is 0 Å². The predicted molar refractivity (Wildman–Crippen MR) is 87.4 cm³/mol. The second kappa shape index (κ2) is 6.48. The molecule has 2 aliphatic carbocycles. The molecule has 1 aliphatic heterocycles. The van der Waals surface area contributed by atoms with Crippen molar-refractivity contribution in [1.82, 2.24) is 5.32 Å². The summed E-state index contributed by atoms with van der Waals surface area (Å²) in [6.07, 6.45) is 11.4. The van der Waals surface area contributed by atoms with Gasteiger partial charge in [0.2, 0.25) is 5.91 Å². The van der Waals surface area contributed by atoms with Crippen LogP contribution in [0.5, 0.6) is 0 Å². The second-order valence-electron chi connectivity index (χ2n) is 8.20. The maximum atomic E-state index is 12.6. The van der Waals surface area contributed by atoms with Gasteiger partial charge in [-0.3, -0.25) is 4.79 Å². The molecule has 22 heavy (non-hydrogen) atoms. The van der Waals surface area contributed by atoms with Crippen LogP contribution in [0.2, 0.25) is 0 Å². The van der Waals surface area contributed by atoms with E-state index in [9.17, 15) is 4.79 Å². The molecule has 1 heterocycles. The lowest BCUT2D eigenvalue weighted by atomic mass is 9.68. The average molecular weight is 308 g/mol. The summed E-state index contributed by atoms with van der Waals surface area (Å²) in [7, 11) is 0. The van der Waals surface area contributed by atoms with Gasteiger partial charge in [-0.05, 0) is 63.7 Å². The highest BCUT2D eigenvalue weighted by Gasteiger charge is 2.40. The van der Waals surface area contributed by atoms with Crippen LogP contribution in [0.1, 0.15) is 71.1 Å². The lowest BCUT2D eigenvalue weighted by Crippen LogP contribution is -2.54. The monoisotopic (exact) mass is 308 g/mol. The molecule has 0 aromatic carbocycles. The molecule has 0 aromatic heterocycles. The van der Waals surface area contributed by atoms with E-state index in [-0.39, 0.29) is 17.4 Å². The van der Waals surface area contributed by atoms with E-state index in [1.165, 1.54) is 25.7 Å². The summed E-state index contributed by atoms with van der Waals surface area (Å²) in [5, 5.41) is 3.32. The molecule has 2 unspecified atom stereocenters. The number of carbonyl (C=O) groups excluding carboxylic acids is 1. The topological polar surface area (TPSA) is 64.4 Å². The smallest absolute Gasteiger partial charge is 0.225 e. The van der Waals surface area contributed by atoms with E-state index in [0.29, 0.717) is 11.5 Å². The van der Waals surface area contributed by atoms with Crippen LogP contribution in [0.25, 0.3) is 0 Å². The van der Waals surface area contributed by atoms with E-state index in [1.54, 1.807) is 0 Å². The van der Waals surface area contributed by atoms with Gasteiger partial charge in [-0.1, -0.05) is 12.8 Å². The zero-order valence-corrected chi connectivity index (χ0v) is 14.0. The van der Waals surface area contributed by atoms with Gasteiger partial charge in [0.15, 0.2) is 0 Å². The quantitative estimate of drug-likeness (QED) is 0.824. The van der Waals surface area contributed by atoms with Crippen molar-refractivity contribution in [1.29, 1.82) is 0 Å². The number of nitrogens with two attached hydrogens (primary N) is 1. The van der Waals surface area contributed by atoms with E-state index in [1.807, 2.05) is 6.92 Å². The molecule has 3 aliphatic rings. The minimum atomic E-state index is -0.321. The van der Waals surface area contributed by atoms with Crippen LogP contribution < -0.4 is 11.1 Å². The molecule has 3 rings (SSSR count). The molecule has 0 radical (unpaired) electrons. The van der Waals surface area contributed by atoms with Crippen LogP contribution in [-0.2, 0) is 9.53 Å². The summed E-state index contributed by atoms with van der Waals surface area (Å²) >= 11 is 0. The number of amides is 1. The van der Waals surface area contributed by atoms with Crippen molar-refractivity contribution in [3.8, 4) is 0 Å². The van der Waals surface area contributed by atoms with Crippen LogP contribution in [0, 0.1) is 11.3 Å². The third kappa shape index (κ3) is 3.48. The highest BCUT2D eigenvalue weighted by Crippen LogP contribution is 2.44. The van der Waals surface area contributed by atoms with Gasteiger partial charge in [-0.25, -0.2) is 0 Å². The van der Waals surface area contributed by atoms with Crippen molar-refractivity contribution in [3.63, 3.8) is 0 Å². The molecule has 3 fully saturated rings. The van der Waals surface area contributed by atoms with Gasteiger partial charge in [-0.15, -0.1) is 0 Å². The lowest BCUT2D eigenvalue weighted by molar-refractivity contribution is -0.129. The Morgan fingerprint density at radius 2 is 1.73 bits per heavy atom. The third-order valence-corrected chi connectivity index (χ3v) is 6.52. The maximum Gasteiger partial charge on any atom is 0.225 e. The van der Waals surface area contributed by atoms with Crippen LogP contribution >= 0.6 is 0 Å². The molecule has 126 valence electrons. The normalized spacial score (nSPS) is 36.2. The number of ether oxygens (including phenoxy) is 1. The fourth-order valence-electron chi connectivity index (χ4n) is 4.77. The number of hydrogen-bond acceptors (Lipinski definition) is 3. The number of carbonyl (C=O) groups is 1. The standard InChI is InChI=1S/C18H32N2O2/c1-17(19)7-3-2-4-15(17)16(21)20-14-5-8-18(9-6-14)10-12-22-13-11-18/h14-15H,2-13,19H2,1H3,(H,20,21). The van der Waals surface area contributed by atoms with E-state index in [0.717, 1.165) is 51.7 Å². The zero-order chi connectivity index (χ0) is 15.6. The molecule has 0 aromatic rings. The van der Waals surface area contributed by atoms with E-state index in [4.69, 9.17) is 10.5 Å². The lowest BCUT2D eigenvalue weighted by Gasteiger charge is -2.44. The Bertz CT molecular complexity index is 392. The van der Waals surface area contributed by atoms with Gasteiger partial charge in [-0.2, -0.15) is 0 Å². The van der Waals surface area contributed by atoms with Crippen LogP contribution in [0.15, 0.2) is 0 Å². The second-order valence-corrected chi connectivity index (χ2v) is 8.20. The molecule has 4 heteroatoms. The third-order valence-electron chi connectivity index (χ3n) is 6.52. The van der Waals surface area contributed by atoms with E-state index in [2.05, 4.69) is 5.32 Å². The molecule has 2 atom stereocenters. The number of hydrogen-bond donors (Lipinski definition) is 2. The minimum Gasteiger partial charge on any atom is -0.381 e. The summed E-state index contributed by atoms with van der Waals surface area (Å²) in [5.74, 6) is 0.206. The highest BCUT2D eigenvalue weighted by molar-refractivity contribution is 5.80. The van der Waals surface area contributed by atoms with Gasteiger partial charge in [0, 0.05) is 24.8 Å². The van der Waals surface area contributed by atoms with Crippen LogP contribution in [-0.4, -0.2) is 30.7 Å². The fourth-order valence-corrected chi connectivity index (χ4v) is 4.77. The molecular formula is C18H32N2O2. The Labute approximate surface area is 134 Å². The van der Waals surface area contributed by atoms with Gasteiger partial charge < -0.3 is 15.8 Å². The van der Waals surface area contributed by atoms with Crippen molar-refractivity contribution in [2.24, 2.45) is 17.1 Å².